The molecule has 2 atom stereocenters. The zero-order chi connectivity index (χ0) is 28.7. The molecule has 4 aliphatic heterocycles. The molecular weight excluding hydrogens is 529 g/mol. The molecule has 0 spiro atoms. The number of fused-ring (bicyclic) bond motifs is 4. The van der Waals surface area contributed by atoms with Crippen LogP contribution >= 0.6 is 0 Å². The lowest BCUT2D eigenvalue weighted by molar-refractivity contribution is 0.108. The highest BCUT2D eigenvalue weighted by molar-refractivity contribution is 5.99. The van der Waals surface area contributed by atoms with Crippen molar-refractivity contribution >= 4 is 28.5 Å². The standard InChI is InChI=1S/C33H42FN7O.H2/c1-3-5-9-24-28(25-10-6-11-27(34)30(25)35-4-2)36-18-26-29(24)38-32(42-21-33-14-7-16-41(33)17-8-15-33)39-31(26)40-19-22-12-13-23(20-40)37-22;/h5-6,9-11,18,22-23,35,37H,3-4,7-8,12-17,19-21H2,1-2H3;1H/b9-5+;. The maximum Gasteiger partial charge on any atom is 0.319 e. The number of anilines is 2. The molecule has 0 aliphatic carbocycles. The third-order valence-electron chi connectivity index (χ3n) is 9.68. The Bertz CT molecular complexity index is 1480. The summed E-state index contributed by atoms with van der Waals surface area (Å²) in [5.41, 5.74) is 3.66. The van der Waals surface area contributed by atoms with Gasteiger partial charge in [-0.05, 0) is 71.0 Å². The fourth-order valence-corrected chi connectivity index (χ4v) is 7.69. The quantitative estimate of drug-likeness (QED) is 0.329. The lowest BCUT2D eigenvalue weighted by Gasteiger charge is -2.34. The van der Waals surface area contributed by atoms with Crippen LogP contribution in [0.15, 0.2) is 30.5 Å². The van der Waals surface area contributed by atoms with Crippen molar-refractivity contribution in [2.75, 3.05) is 49.5 Å². The number of ether oxygens (including phenoxy) is 1. The van der Waals surface area contributed by atoms with Gasteiger partial charge in [-0.15, -0.1) is 0 Å². The highest BCUT2D eigenvalue weighted by atomic mass is 19.1. The van der Waals surface area contributed by atoms with E-state index in [2.05, 4.69) is 39.5 Å². The number of rotatable bonds is 9. The van der Waals surface area contributed by atoms with Gasteiger partial charge in [0, 0.05) is 50.5 Å². The molecule has 6 heterocycles. The number of nitrogens with one attached hydrogen (secondary N) is 2. The van der Waals surface area contributed by atoms with Crippen molar-refractivity contribution in [2.45, 2.75) is 76.4 Å². The molecule has 2 bridgehead atoms. The van der Waals surface area contributed by atoms with Crippen LogP contribution < -0.4 is 20.3 Å². The molecule has 2 aromatic heterocycles. The minimum absolute atomic E-state index is 0. The summed E-state index contributed by atoms with van der Waals surface area (Å²) in [6.45, 7) is 9.40. The summed E-state index contributed by atoms with van der Waals surface area (Å²) in [6.07, 6.45) is 14.1. The highest BCUT2D eigenvalue weighted by Gasteiger charge is 2.45. The van der Waals surface area contributed by atoms with E-state index in [-0.39, 0.29) is 12.8 Å². The van der Waals surface area contributed by atoms with Crippen LogP contribution in [-0.2, 0) is 0 Å². The summed E-state index contributed by atoms with van der Waals surface area (Å²) in [6, 6.07) is 6.51. The summed E-state index contributed by atoms with van der Waals surface area (Å²) in [4.78, 5) is 20.2. The zero-order valence-electron chi connectivity index (χ0n) is 24.8. The van der Waals surface area contributed by atoms with E-state index in [1.165, 1.54) is 44.6 Å². The summed E-state index contributed by atoms with van der Waals surface area (Å²) in [7, 11) is 0. The van der Waals surface area contributed by atoms with Gasteiger partial charge in [-0.2, -0.15) is 9.97 Å². The highest BCUT2D eigenvalue weighted by Crippen LogP contribution is 2.41. The molecule has 4 aliphatic rings. The smallest absolute Gasteiger partial charge is 0.319 e. The first-order valence-electron chi connectivity index (χ1n) is 15.9. The molecule has 4 fully saturated rings. The number of pyridine rings is 1. The van der Waals surface area contributed by atoms with E-state index in [9.17, 15) is 0 Å². The molecule has 2 unspecified atom stereocenters. The molecule has 3 aromatic rings. The number of para-hydroxylation sites is 1. The first-order chi connectivity index (χ1) is 20.6. The molecule has 0 radical (unpaired) electrons. The summed E-state index contributed by atoms with van der Waals surface area (Å²) in [5, 5.41) is 7.87. The van der Waals surface area contributed by atoms with Gasteiger partial charge >= 0.3 is 6.01 Å². The molecule has 8 nitrogen and oxygen atoms in total. The van der Waals surface area contributed by atoms with Gasteiger partial charge in [0.05, 0.1) is 27.8 Å². The lowest BCUT2D eigenvalue weighted by atomic mass is 9.95. The van der Waals surface area contributed by atoms with E-state index in [0.717, 1.165) is 60.4 Å². The Balaban J connectivity index is 0.00000329. The van der Waals surface area contributed by atoms with Gasteiger partial charge in [0.1, 0.15) is 18.2 Å². The minimum Gasteiger partial charge on any atom is -0.461 e. The number of nitrogens with zero attached hydrogens (tertiary/aromatic N) is 5. The van der Waals surface area contributed by atoms with Crippen molar-refractivity contribution in [1.82, 2.24) is 25.2 Å². The van der Waals surface area contributed by atoms with Gasteiger partial charge in [-0.1, -0.05) is 31.2 Å². The van der Waals surface area contributed by atoms with Gasteiger partial charge in [0.2, 0.25) is 0 Å². The number of halogens is 1. The molecule has 0 saturated carbocycles. The fourth-order valence-electron chi connectivity index (χ4n) is 7.69. The van der Waals surface area contributed by atoms with Crippen LogP contribution in [0.4, 0.5) is 15.9 Å². The number of hydrogen-bond donors (Lipinski definition) is 2. The monoisotopic (exact) mass is 573 g/mol. The van der Waals surface area contributed by atoms with Crippen molar-refractivity contribution < 1.29 is 10.6 Å². The Morgan fingerprint density at radius 1 is 1.14 bits per heavy atom. The minimum atomic E-state index is -0.290. The zero-order valence-corrected chi connectivity index (χ0v) is 24.8. The average molecular weight is 574 g/mol. The first-order valence-corrected chi connectivity index (χ1v) is 15.9. The molecule has 7 rings (SSSR count). The predicted octanol–water partition coefficient (Wildman–Crippen LogP) is 5.88. The van der Waals surface area contributed by atoms with Crippen LogP contribution in [0, 0.1) is 5.82 Å². The Kier molecular flexibility index (Phi) is 7.48. The Morgan fingerprint density at radius 3 is 2.67 bits per heavy atom. The van der Waals surface area contributed by atoms with E-state index in [4.69, 9.17) is 19.7 Å². The number of aromatic nitrogens is 3. The van der Waals surface area contributed by atoms with Crippen LogP contribution in [0.2, 0.25) is 0 Å². The largest absolute Gasteiger partial charge is 0.461 e. The molecule has 0 amide bonds. The second-order valence-corrected chi connectivity index (χ2v) is 12.4. The van der Waals surface area contributed by atoms with Crippen LogP contribution in [0.5, 0.6) is 6.01 Å². The van der Waals surface area contributed by atoms with Gasteiger partial charge in [-0.3, -0.25) is 9.88 Å². The topological polar surface area (TPSA) is 78.4 Å². The molecule has 4 saturated heterocycles. The fraction of sp³-hybridized carbons (Fsp3) is 0.545. The van der Waals surface area contributed by atoms with E-state index in [1.54, 1.807) is 6.07 Å². The molecule has 224 valence electrons. The lowest BCUT2D eigenvalue weighted by Crippen LogP contribution is -2.51. The third-order valence-corrected chi connectivity index (χ3v) is 9.68. The Morgan fingerprint density at radius 2 is 1.93 bits per heavy atom. The summed E-state index contributed by atoms with van der Waals surface area (Å²) < 4.78 is 21.6. The molecule has 9 heteroatoms. The van der Waals surface area contributed by atoms with Crippen molar-refractivity contribution in [2.24, 2.45) is 0 Å². The summed E-state index contributed by atoms with van der Waals surface area (Å²) in [5.74, 6) is 0.597. The Labute approximate surface area is 249 Å². The van der Waals surface area contributed by atoms with Crippen molar-refractivity contribution in [3.8, 4) is 17.3 Å². The van der Waals surface area contributed by atoms with Crippen LogP contribution in [-0.4, -0.2) is 76.8 Å². The summed E-state index contributed by atoms with van der Waals surface area (Å²) >= 11 is 0. The van der Waals surface area contributed by atoms with Gasteiger partial charge in [0.15, 0.2) is 0 Å². The van der Waals surface area contributed by atoms with Crippen LogP contribution in [0.25, 0.3) is 28.2 Å². The maximum atomic E-state index is 15.1. The molecule has 1 aromatic carbocycles. The third kappa shape index (κ3) is 4.90. The normalized spacial score (nSPS) is 23.3. The second kappa shape index (κ2) is 11.4. The number of hydrogen-bond acceptors (Lipinski definition) is 8. The van der Waals surface area contributed by atoms with E-state index in [1.807, 2.05) is 19.2 Å². The number of benzene rings is 1. The number of piperazine rings is 1. The van der Waals surface area contributed by atoms with Crippen LogP contribution in [0.3, 0.4) is 0 Å². The van der Waals surface area contributed by atoms with Crippen molar-refractivity contribution in [3.63, 3.8) is 0 Å². The van der Waals surface area contributed by atoms with E-state index in [0.29, 0.717) is 42.6 Å². The molecular formula is C33H44FN7O. The first kappa shape index (κ1) is 27.5. The van der Waals surface area contributed by atoms with E-state index >= 15 is 4.39 Å². The second-order valence-electron chi connectivity index (χ2n) is 12.4. The Hall–Kier alpha value is -3.30. The van der Waals surface area contributed by atoms with Crippen molar-refractivity contribution in [3.05, 3.63) is 41.9 Å². The van der Waals surface area contributed by atoms with E-state index < -0.39 is 0 Å². The average Bonchev–Trinajstić information content (AvgIpc) is 3.69. The number of allylic oxidation sites excluding steroid dienone is 1. The molecule has 42 heavy (non-hydrogen) atoms. The van der Waals surface area contributed by atoms with Gasteiger partial charge < -0.3 is 20.3 Å². The maximum absolute atomic E-state index is 15.1. The van der Waals surface area contributed by atoms with Crippen LogP contribution in [0.1, 0.15) is 65.8 Å². The van der Waals surface area contributed by atoms with Gasteiger partial charge in [0.25, 0.3) is 0 Å². The SMILES string of the molecule is CC/C=C/c1c(-c2cccc(F)c2NCC)ncc2c(N3CC4CCC(C3)N4)nc(OCC34CCCN3CCC4)nc12.[HH]. The van der Waals surface area contributed by atoms with Gasteiger partial charge in [-0.25, -0.2) is 4.39 Å². The molecule has 2 N–H and O–H groups in total. The van der Waals surface area contributed by atoms with Crippen molar-refractivity contribution in [1.29, 1.82) is 0 Å². The predicted molar refractivity (Wildman–Crippen MR) is 169 cm³/mol.